The summed E-state index contributed by atoms with van der Waals surface area (Å²) in [5.74, 6) is 0.367. The van der Waals surface area contributed by atoms with Gasteiger partial charge in [0.2, 0.25) is 0 Å². The predicted molar refractivity (Wildman–Crippen MR) is 89.8 cm³/mol. The minimum Gasteiger partial charge on any atom is -0.508 e. The van der Waals surface area contributed by atoms with Crippen molar-refractivity contribution in [3.63, 3.8) is 0 Å². The molecule has 0 saturated carbocycles. The van der Waals surface area contributed by atoms with Gasteiger partial charge in [-0.15, -0.1) is 11.3 Å². The first-order valence-electron chi connectivity index (χ1n) is 6.97. The lowest BCUT2D eigenvalue weighted by atomic mass is 10.3. The molecule has 25 heavy (non-hydrogen) atoms. The van der Waals surface area contributed by atoms with Crippen molar-refractivity contribution in [2.24, 2.45) is 0 Å². The lowest BCUT2D eigenvalue weighted by molar-refractivity contribution is -0.00880. The molecule has 11 heteroatoms. The van der Waals surface area contributed by atoms with Gasteiger partial charge in [0.1, 0.15) is 17.0 Å². The number of hydrogen-bond acceptors (Lipinski definition) is 9. The van der Waals surface area contributed by atoms with Crippen LogP contribution in [0.3, 0.4) is 0 Å². The molecule has 2 aromatic rings. The van der Waals surface area contributed by atoms with Crippen LogP contribution in [0, 0.1) is 0 Å². The van der Waals surface area contributed by atoms with E-state index in [0.29, 0.717) is 20.3 Å². The second-order valence-corrected chi connectivity index (χ2v) is 7.05. The molecule has 1 aromatic carbocycles. The van der Waals surface area contributed by atoms with Crippen LogP contribution in [0.5, 0.6) is 11.5 Å². The highest BCUT2D eigenvalue weighted by Crippen LogP contribution is 2.39. The average molecular weight is 389 g/mol. The number of nitrogens with zero attached hydrogens (tertiary/aromatic N) is 1. The topological polar surface area (TPSA) is 135 Å². The number of phenolic OH excluding ortho intramolecular Hbond substituents is 1. The number of hydrogen-bond donors (Lipinski definition) is 3. The van der Waals surface area contributed by atoms with E-state index in [4.69, 9.17) is 24.4 Å². The van der Waals surface area contributed by atoms with Crippen molar-refractivity contribution in [1.29, 1.82) is 0 Å². The monoisotopic (exact) mass is 389 g/mol. The number of thioether (sulfide) groups is 1. The van der Waals surface area contributed by atoms with Crippen molar-refractivity contribution in [1.82, 2.24) is 4.98 Å². The first-order chi connectivity index (χ1) is 11.8. The number of carbonyl (C=O) groups is 2. The van der Waals surface area contributed by atoms with Gasteiger partial charge in [-0.2, -0.15) is 0 Å². The largest absolute Gasteiger partial charge is 0.508 e. The molecule has 2 atom stereocenters. The Kier molecular flexibility index (Phi) is 6.15. The Hall–Kier alpha value is -2.40. The maximum Gasteiger partial charge on any atom is 0.507 e. The standard InChI is InChI=1S/C14H15NO8S2/c1-3-7(22-13(17)18)11(23-14(19)20)25-12-15-10-8(21-2)4-6(16)5-9(10)24-12/h4-5,7,11,16H,3H2,1-2H3,(H,17,18)(H,19,20). The maximum absolute atomic E-state index is 10.9. The number of thiazole rings is 1. The highest BCUT2D eigenvalue weighted by Gasteiger charge is 2.30. The Bertz CT molecular complexity index is 778. The molecule has 1 aromatic heterocycles. The Morgan fingerprint density at radius 3 is 2.52 bits per heavy atom. The molecule has 0 saturated heterocycles. The molecule has 2 rings (SSSR count). The van der Waals surface area contributed by atoms with Gasteiger partial charge in [0.25, 0.3) is 0 Å². The van der Waals surface area contributed by atoms with E-state index in [1.54, 1.807) is 6.92 Å². The number of fused-ring (bicyclic) bond motifs is 1. The first-order valence-corrected chi connectivity index (χ1v) is 8.67. The fourth-order valence-corrected chi connectivity index (χ4v) is 4.37. The van der Waals surface area contributed by atoms with Crippen LogP contribution in [-0.4, -0.2) is 51.3 Å². The van der Waals surface area contributed by atoms with Crippen molar-refractivity contribution in [3.8, 4) is 11.5 Å². The fraction of sp³-hybridized carbons (Fsp3) is 0.357. The van der Waals surface area contributed by atoms with Gasteiger partial charge in [0.05, 0.1) is 11.8 Å². The third-order valence-corrected chi connectivity index (χ3v) is 5.30. The fourth-order valence-electron chi connectivity index (χ4n) is 2.01. The van der Waals surface area contributed by atoms with E-state index < -0.39 is 23.9 Å². The van der Waals surface area contributed by atoms with Crippen LogP contribution in [-0.2, 0) is 9.47 Å². The molecule has 136 valence electrons. The number of methoxy groups -OCH3 is 1. The molecule has 0 fully saturated rings. The van der Waals surface area contributed by atoms with Crippen LogP contribution in [0.25, 0.3) is 10.2 Å². The van der Waals surface area contributed by atoms with Crippen molar-refractivity contribution in [3.05, 3.63) is 12.1 Å². The minimum atomic E-state index is -1.55. The maximum atomic E-state index is 10.9. The average Bonchev–Trinajstić information content (AvgIpc) is 2.92. The van der Waals surface area contributed by atoms with Gasteiger partial charge < -0.3 is 29.5 Å². The van der Waals surface area contributed by atoms with E-state index in [1.165, 1.54) is 30.6 Å². The number of ether oxygens (including phenoxy) is 3. The summed E-state index contributed by atoms with van der Waals surface area (Å²) in [5.41, 5.74) is -0.632. The summed E-state index contributed by atoms with van der Waals surface area (Å²) in [5, 5.41) is 27.4. The molecule has 0 aliphatic rings. The van der Waals surface area contributed by atoms with Gasteiger partial charge in [0, 0.05) is 6.07 Å². The number of rotatable bonds is 7. The lowest BCUT2D eigenvalue weighted by Crippen LogP contribution is -2.31. The summed E-state index contributed by atoms with van der Waals surface area (Å²) in [6.07, 6.45) is -3.86. The molecular weight excluding hydrogens is 374 g/mol. The summed E-state index contributed by atoms with van der Waals surface area (Å²) in [7, 11) is 1.44. The van der Waals surface area contributed by atoms with E-state index in [-0.39, 0.29) is 12.2 Å². The van der Waals surface area contributed by atoms with E-state index >= 15 is 0 Å². The molecule has 3 N–H and O–H groups in total. The highest BCUT2D eigenvalue weighted by molar-refractivity contribution is 8.01. The number of phenols is 1. The number of aromatic hydroxyl groups is 1. The van der Waals surface area contributed by atoms with Crippen LogP contribution in [0.2, 0.25) is 0 Å². The van der Waals surface area contributed by atoms with Gasteiger partial charge in [-0.25, -0.2) is 14.6 Å². The van der Waals surface area contributed by atoms with E-state index in [2.05, 4.69) is 4.98 Å². The Labute approximate surface area is 150 Å². The van der Waals surface area contributed by atoms with Gasteiger partial charge in [-0.05, 0) is 24.2 Å². The zero-order valence-electron chi connectivity index (χ0n) is 13.2. The molecule has 0 spiro atoms. The van der Waals surface area contributed by atoms with Crippen LogP contribution < -0.4 is 4.74 Å². The van der Waals surface area contributed by atoms with E-state index in [0.717, 1.165) is 11.8 Å². The third kappa shape index (κ3) is 4.79. The predicted octanol–water partition coefficient (Wildman–Crippen LogP) is 3.60. The molecule has 2 unspecified atom stereocenters. The number of benzene rings is 1. The van der Waals surface area contributed by atoms with Crippen molar-refractivity contribution >= 4 is 45.6 Å². The smallest absolute Gasteiger partial charge is 0.507 e. The van der Waals surface area contributed by atoms with Crippen LogP contribution >= 0.6 is 23.1 Å². The van der Waals surface area contributed by atoms with Crippen LogP contribution in [0.1, 0.15) is 13.3 Å². The quantitative estimate of drug-likeness (QED) is 0.366. The third-order valence-electron chi connectivity index (χ3n) is 3.04. The second kappa shape index (κ2) is 8.12. The molecule has 0 amide bonds. The molecule has 0 bridgehead atoms. The van der Waals surface area contributed by atoms with Crippen molar-refractivity contribution in [2.75, 3.05) is 7.11 Å². The minimum absolute atomic E-state index is 0.00327. The van der Waals surface area contributed by atoms with E-state index in [9.17, 15) is 14.7 Å². The summed E-state index contributed by atoms with van der Waals surface area (Å²) in [6.45, 7) is 1.64. The van der Waals surface area contributed by atoms with Gasteiger partial charge in [-0.1, -0.05) is 6.92 Å². The van der Waals surface area contributed by atoms with E-state index in [1.807, 2.05) is 0 Å². The Morgan fingerprint density at radius 2 is 1.96 bits per heavy atom. The first kappa shape index (κ1) is 18.9. The summed E-state index contributed by atoms with van der Waals surface area (Å²) < 4.78 is 15.7. The molecule has 0 aliphatic carbocycles. The van der Waals surface area contributed by atoms with Gasteiger partial charge in [-0.3, -0.25) is 0 Å². The SMILES string of the molecule is CCC(OC(=O)O)C(OC(=O)O)Sc1nc2c(OC)cc(O)cc2s1. The molecule has 0 radical (unpaired) electrons. The lowest BCUT2D eigenvalue weighted by Gasteiger charge is -2.22. The normalized spacial score (nSPS) is 13.2. The molecular formula is C14H15NO8S2. The molecule has 0 aliphatic heterocycles. The second-order valence-electron chi connectivity index (χ2n) is 4.68. The number of carboxylic acid groups (broad SMARTS) is 2. The van der Waals surface area contributed by atoms with Crippen LogP contribution in [0.15, 0.2) is 16.5 Å². The zero-order chi connectivity index (χ0) is 18.6. The molecule has 9 nitrogen and oxygen atoms in total. The number of aromatic nitrogens is 1. The molecule has 1 heterocycles. The van der Waals surface area contributed by atoms with Crippen molar-refractivity contribution < 1.29 is 39.1 Å². The van der Waals surface area contributed by atoms with Gasteiger partial charge in [0.15, 0.2) is 15.9 Å². The van der Waals surface area contributed by atoms with Crippen molar-refractivity contribution in [2.45, 2.75) is 29.2 Å². The summed E-state index contributed by atoms with van der Waals surface area (Å²) in [4.78, 5) is 26.0. The Morgan fingerprint density at radius 1 is 1.28 bits per heavy atom. The zero-order valence-corrected chi connectivity index (χ0v) is 14.8. The Balaban J connectivity index is 2.32. The summed E-state index contributed by atoms with van der Waals surface area (Å²) in [6, 6.07) is 2.90. The van der Waals surface area contributed by atoms with Crippen LogP contribution in [0.4, 0.5) is 9.59 Å². The highest BCUT2D eigenvalue weighted by atomic mass is 32.2. The summed E-state index contributed by atoms with van der Waals surface area (Å²) >= 11 is 2.10. The van der Waals surface area contributed by atoms with Gasteiger partial charge >= 0.3 is 12.3 Å².